The van der Waals surface area contributed by atoms with E-state index in [0.717, 1.165) is 12.1 Å². The number of hydrogen-bond donors (Lipinski definition) is 1. The van der Waals surface area contributed by atoms with E-state index in [1.807, 2.05) is 0 Å². The Bertz CT molecular complexity index is 917. The highest BCUT2D eigenvalue weighted by Gasteiger charge is 2.33. The number of benzene rings is 2. The lowest BCUT2D eigenvalue weighted by atomic mass is 10.2. The zero-order valence-corrected chi connectivity index (χ0v) is 16.0. The Balaban J connectivity index is 2.38. The summed E-state index contributed by atoms with van der Waals surface area (Å²) in [5.74, 6) is 0.582. The van der Waals surface area contributed by atoms with Crippen molar-refractivity contribution in [2.45, 2.75) is 24.9 Å². The fourth-order valence-electron chi connectivity index (χ4n) is 2.22. The van der Waals surface area contributed by atoms with E-state index in [4.69, 9.17) is 21.1 Å². The molecule has 0 aliphatic carbocycles. The molecule has 10 heteroatoms. The number of ether oxygens (including phenoxy) is 2. The molecule has 0 heterocycles. The van der Waals surface area contributed by atoms with E-state index in [0.29, 0.717) is 18.4 Å². The smallest absolute Gasteiger partial charge is 0.417 e. The molecule has 5 nitrogen and oxygen atoms in total. The fourth-order valence-corrected chi connectivity index (χ4v) is 3.51. The Kier molecular flexibility index (Phi) is 6.48. The lowest BCUT2D eigenvalue weighted by Gasteiger charge is -2.15. The second-order valence-electron chi connectivity index (χ2n) is 5.27. The van der Waals surface area contributed by atoms with Crippen LogP contribution in [-0.4, -0.2) is 21.6 Å². The minimum absolute atomic E-state index is 0.182. The predicted molar refractivity (Wildman–Crippen MR) is 96.0 cm³/mol. The van der Waals surface area contributed by atoms with E-state index in [9.17, 15) is 21.6 Å². The first-order chi connectivity index (χ1) is 12.6. The van der Waals surface area contributed by atoms with Gasteiger partial charge in [0.05, 0.1) is 28.7 Å². The topological polar surface area (TPSA) is 64.6 Å². The first kappa shape index (κ1) is 21.2. The number of anilines is 1. The molecule has 0 aliphatic rings. The summed E-state index contributed by atoms with van der Waals surface area (Å²) in [6.45, 7) is 4.13. The lowest BCUT2D eigenvalue weighted by molar-refractivity contribution is -0.137. The first-order valence-corrected chi connectivity index (χ1v) is 9.73. The van der Waals surface area contributed by atoms with Crippen LogP contribution in [0.4, 0.5) is 18.9 Å². The van der Waals surface area contributed by atoms with Crippen LogP contribution < -0.4 is 14.2 Å². The van der Waals surface area contributed by atoms with Crippen molar-refractivity contribution >= 4 is 27.3 Å². The van der Waals surface area contributed by atoms with Crippen LogP contribution in [0.25, 0.3) is 0 Å². The van der Waals surface area contributed by atoms with E-state index in [2.05, 4.69) is 4.72 Å². The highest BCUT2D eigenvalue weighted by molar-refractivity contribution is 7.92. The molecule has 0 saturated carbocycles. The van der Waals surface area contributed by atoms with Crippen molar-refractivity contribution in [2.24, 2.45) is 0 Å². The maximum atomic E-state index is 12.9. The van der Waals surface area contributed by atoms with Gasteiger partial charge in [-0.25, -0.2) is 8.42 Å². The maximum Gasteiger partial charge on any atom is 0.417 e. The van der Waals surface area contributed by atoms with E-state index < -0.39 is 26.8 Å². The van der Waals surface area contributed by atoms with E-state index in [1.165, 1.54) is 18.2 Å². The number of sulfonamides is 1. The van der Waals surface area contributed by atoms with Gasteiger partial charge in [0.15, 0.2) is 11.5 Å². The highest BCUT2D eigenvalue weighted by Crippen LogP contribution is 2.37. The molecule has 0 spiro atoms. The van der Waals surface area contributed by atoms with Gasteiger partial charge in [0.2, 0.25) is 0 Å². The Hall–Kier alpha value is -2.13. The van der Waals surface area contributed by atoms with Gasteiger partial charge in [0.1, 0.15) is 0 Å². The van der Waals surface area contributed by atoms with Gasteiger partial charge >= 0.3 is 6.18 Å². The van der Waals surface area contributed by atoms with Crippen LogP contribution in [0.5, 0.6) is 11.5 Å². The minimum Gasteiger partial charge on any atom is -0.490 e. The molecule has 27 heavy (non-hydrogen) atoms. The molecule has 0 radical (unpaired) electrons. The predicted octanol–water partition coefficient (Wildman–Crippen LogP) is 4.96. The number of halogens is 4. The zero-order chi connectivity index (χ0) is 20.2. The summed E-state index contributed by atoms with van der Waals surface area (Å²) in [5.41, 5.74) is -1.40. The maximum absolute atomic E-state index is 12.9. The number of nitrogens with one attached hydrogen (secondary N) is 1. The largest absolute Gasteiger partial charge is 0.490 e. The summed E-state index contributed by atoms with van der Waals surface area (Å²) in [6.07, 6.45) is -4.71. The number of hydrogen-bond acceptors (Lipinski definition) is 4. The number of alkyl halides is 3. The van der Waals surface area contributed by atoms with Gasteiger partial charge in [-0.1, -0.05) is 11.6 Å². The average Bonchev–Trinajstić information content (AvgIpc) is 2.57. The van der Waals surface area contributed by atoms with E-state index in [1.54, 1.807) is 13.8 Å². The summed E-state index contributed by atoms with van der Waals surface area (Å²) in [5, 5.41) is -0.523. The van der Waals surface area contributed by atoms with Crippen LogP contribution >= 0.6 is 11.6 Å². The Labute approximate surface area is 160 Å². The molecule has 0 bridgehead atoms. The summed E-state index contributed by atoms with van der Waals surface area (Å²) in [4.78, 5) is -0.182. The quantitative estimate of drug-likeness (QED) is 0.683. The van der Waals surface area contributed by atoms with E-state index >= 15 is 0 Å². The molecular formula is C17H17ClF3NO4S. The summed E-state index contributed by atoms with van der Waals surface area (Å²) in [7, 11) is -4.16. The van der Waals surface area contributed by atoms with Crippen LogP contribution in [0.1, 0.15) is 19.4 Å². The van der Waals surface area contributed by atoms with Crippen molar-refractivity contribution in [1.82, 2.24) is 0 Å². The van der Waals surface area contributed by atoms with Crippen molar-refractivity contribution in [3.63, 3.8) is 0 Å². The van der Waals surface area contributed by atoms with Gasteiger partial charge in [0.25, 0.3) is 10.0 Å². The molecule has 2 aromatic rings. The van der Waals surface area contributed by atoms with Crippen molar-refractivity contribution in [1.29, 1.82) is 0 Å². The molecule has 1 N–H and O–H groups in total. The average molecular weight is 424 g/mol. The second kappa shape index (κ2) is 8.26. The minimum atomic E-state index is -4.71. The van der Waals surface area contributed by atoms with Crippen LogP contribution in [0.15, 0.2) is 41.3 Å². The Morgan fingerprint density at radius 3 is 2.22 bits per heavy atom. The zero-order valence-electron chi connectivity index (χ0n) is 14.4. The van der Waals surface area contributed by atoms with Crippen molar-refractivity contribution in [2.75, 3.05) is 17.9 Å². The summed E-state index contributed by atoms with van der Waals surface area (Å²) < 4.78 is 76.8. The molecule has 0 atom stereocenters. The SMILES string of the molecule is CCOc1ccc(S(=O)(=O)Nc2ccc(Cl)c(C(F)(F)F)c2)cc1OCC. The lowest BCUT2D eigenvalue weighted by Crippen LogP contribution is -2.14. The van der Waals surface area contributed by atoms with Crippen LogP contribution in [0, 0.1) is 0 Å². The summed E-state index contributed by atoms with van der Waals surface area (Å²) in [6, 6.07) is 6.71. The molecule has 0 unspecified atom stereocenters. The van der Waals surface area contributed by atoms with Crippen LogP contribution in [0.3, 0.4) is 0 Å². The molecule has 0 saturated heterocycles. The normalized spacial score (nSPS) is 11.9. The highest BCUT2D eigenvalue weighted by atomic mass is 35.5. The standard InChI is InChI=1S/C17H17ClF3NO4S/c1-3-25-15-8-6-12(10-16(15)26-4-2)27(23,24)22-11-5-7-14(18)13(9-11)17(19,20)21/h5-10,22H,3-4H2,1-2H3. The fraction of sp³-hybridized carbons (Fsp3) is 0.294. The van der Waals surface area contributed by atoms with E-state index in [-0.39, 0.29) is 22.9 Å². The second-order valence-corrected chi connectivity index (χ2v) is 7.36. The number of rotatable bonds is 7. The van der Waals surface area contributed by atoms with Gasteiger partial charge in [-0.2, -0.15) is 13.2 Å². The van der Waals surface area contributed by atoms with Gasteiger partial charge in [-0.15, -0.1) is 0 Å². The molecule has 2 rings (SSSR count). The first-order valence-electron chi connectivity index (χ1n) is 7.87. The Morgan fingerprint density at radius 1 is 1.00 bits per heavy atom. The van der Waals surface area contributed by atoms with Gasteiger partial charge < -0.3 is 9.47 Å². The van der Waals surface area contributed by atoms with Crippen LogP contribution in [-0.2, 0) is 16.2 Å². The molecule has 148 valence electrons. The Morgan fingerprint density at radius 2 is 1.63 bits per heavy atom. The van der Waals surface area contributed by atoms with Crippen molar-refractivity contribution < 1.29 is 31.1 Å². The van der Waals surface area contributed by atoms with Crippen LogP contribution in [0.2, 0.25) is 5.02 Å². The van der Waals surface area contributed by atoms with Crippen molar-refractivity contribution in [3.8, 4) is 11.5 Å². The van der Waals surface area contributed by atoms with Gasteiger partial charge in [-0.3, -0.25) is 4.72 Å². The molecular weight excluding hydrogens is 407 g/mol. The molecule has 0 aliphatic heterocycles. The third-order valence-corrected chi connectivity index (χ3v) is 5.06. The summed E-state index contributed by atoms with van der Waals surface area (Å²) >= 11 is 5.54. The van der Waals surface area contributed by atoms with Gasteiger partial charge in [-0.05, 0) is 44.2 Å². The molecule has 0 amide bonds. The van der Waals surface area contributed by atoms with Crippen molar-refractivity contribution in [3.05, 3.63) is 47.0 Å². The third-order valence-electron chi connectivity index (χ3n) is 3.35. The van der Waals surface area contributed by atoms with Gasteiger partial charge in [0, 0.05) is 11.8 Å². The molecule has 0 aromatic heterocycles. The molecule has 0 fully saturated rings. The monoisotopic (exact) mass is 423 g/mol. The molecule has 2 aromatic carbocycles. The third kappa shape index (κ3) is 5.20.